The average molecular weight is 322 g/mol. The largest absolute Gasteiger partial charge is 0.369 e. The molecular formula is C15H22N4O2S. The Bertz CT molecular complexity index is 568. The van der Waals surface area contributed by atoms with E-state index in [9.17, 15) is 9.59 Å². The molecule has 1 atom stereocenters. The van der Waals surface area contributed by atoms with Crippen LogP contribution in [0.15, 0.2) is 5.16 Å². The molecule has 0 radical (unpaired) electrons. The monoisotopic (exact) mass is 322 g/mol. The van der Waals surface area contributed by atoms with Crippen LogP contribution in [0.2, 0.25) is 0 Å². The number of carbonyl (C=O) groups excluding carboxylic acids is 2. The third kappa shape index (κ3) is 3.97. The summed E-state index contributed by atoms with van der Waals surface area (Å²) in [5, 5.41) is 0.623. The Hall–Kier alpha value is -1.63. The molecule has 1 aromatic heterocycles. The summed E-state index contributed by atoms with van der Waals surface area (Å²) in [6.45, 7) is 7.00. The molecule has 1 aromatic rings. The number of likely N-dealkylation sites (tertiary alicyclic amines) is 1. The maximum absolute atomic E-state index is 12.3. The first-order chi connectivity index (χ1) is 10.4. The van der Waals surface area contributed by atoms with Gasteiger partial charge in [-0.05, 0) is 39.2 Å². The van der Waals surface area contributed by atoms with Gasteiger partial charge in [0, 0.05) is 24.5 Å². The van der Waals surface area contributed by atoms with E-state index >= 15 is 0 Å². The van der Waals surface area contributed by atoms with Crippen LogP contribution in [0.5, 0.6) is 0 Å². The summed E-state index contributed by atoms with van der Waals surface area (Å²) in [5.41, 5.74) is 8.30. The lowest BCUT2D eigenvalue weighted by atomic mass is 9.97. The maximum Gasteiger partial charge on any atom is 0.233 e. The van der Waals surface area contributed by atoms with Gasteiger partial charge >= 0.3 is 0 Å². The molecule has 1 aliphatic rings. The molecule has 0 spiro atoms. The number of aromatic nitrogens is 2. The standard InChI is InChI=1S/C15H22N4O2S/c1-9-10(2)17-15(18-11(9)3)22-8-13(20)19-6-4-5-12(7-19)14(16)21/h12H,4-8H2,1-3H3,(H2,16,21). The van der Waals surface area contributed by atoms with E-state index in [1.165, 1.54) is 11.8 Å². The SMILES string of the molecule is Cc1nc(SCC(=O)N2CCCC(C(N)=O)C2)nc(C)c1C. The Balaban J connectivity index is 1.94. The molecule has 7 heteroatoms. The van der Waals surface area contributed by atoms with Gasteiger partial charge in [0.25, 0.3) is 0 Å². The molecule has 1 fully saturated rings. The number of rotatable bonds is 4. The fourth-order valence-corrected chi connectivity index (χ4v) is 3.30. The van der Waals surface area contributed by atoms with Crippen molar-refractivity contribution in [2.75, 3.05) is 18.8 Å². The highest BCUT2D eigenvalue weighted by molar-refractivity contribution is 7.99. The second kappa shape index (κ2) is 7.09. The minimum absolute atomic E-state index is 0.00966. The number of primary amides is 1. The molecular weight excluding hydrogens is 300 g/mol. The number of aryl methyl sites for hydroxylation is 2. The first-order valence-corrected chi connectivity index (χ1v) is 8.38. The van der Waals surface area contributed by atoms with Crippen LogP contribution in [-0.4, -0.2) is 45.5 Å². The highest BCUT2D eigenvalue weighted by atomic mass is 32.2. The van der Waals surface area contributed by atoms with Crippen LogP contribution in [-0.2, 0) is 9.59 Å². The van der Waals surface area contributed by atoms with E-state index in [0.29, 0.717) is 18.2 Å². The molecule has 0 aromatic carbocycles. The van der Waals surface area contributed by atoms with Crippen molar-refractivity contribution >= 4 is 23.6 Å². The van der Waals surface area contributed by atoms with Crippen LogP contribution in [0.3, 0.4) is 0 Å². The van der Waals surface area contributed by atoms with E-state index in [1.807, 2.05) is 20.8 Å². The van der Waals surface area contributed by atoms with Crippen molar-refractivity contribution in [3.8, 4) is 0 Å². The average Bonchev–Trinajstić information content (AvgIpc) is 2.50. The molecule has 1 unspecified atom stereocenters. The van der Waals surface area contributed by atoms with E-state index in [-0.39, 0.29) is 23.5 Å². The van der Waals surface area contributed by atoms with E-state index < -0.39 is 0 Å². The number of nitrogens with zero attached hydrogens (tertiary/aromatic N) is 3. The predicted molar refractivity (Wildman–Crippen MR) is 85.5 cm³/mol. The Morgan fingerprint density at radius 3 is 2.50 bits per heavy atom. The Morgan fingerprint density at radius 1 is 1.27 bits per heavy atom. The summed E-state index contributed by atoms with van der Waals surface area (Å²) in [6.07, 6.45) is 1.59. The zero-order valence-corrected chi connectivity index (χ0v) is 14.1. The van der Waals surface area contributed by atoms with Crippen LogP contribution in [0, 0.1) is 26.7 Å². The van der Waals surface area contributed by atoms with Gasteiger partial charge < -0.3 is 10.6 Å². The third-order valence-electron chi connectivity index (χ3n) is 4.11. The van der Waals surface area contributed by atoms with Crippen molar-refractivity contribution in [2.45, 2.75) is 38.8 Å². The second-order valence-corrected chi connectivity index (χ2v) is 6.61. The quantitative estimate of drug-likeness (QED) is 0.665. The van der Waals surface area contributed by atoms with Crippen molar-refractivity contribution in [1.29, 1.82) is 0 Å². The van der Waals surface area contributed by atoms with Crippen LogP contribution in [0.1, 0.15) is 29.8 Å². The Labute approximate surface area is 134 Å². The molecule has 2 amide bonds. The summed E-state index contributed by atoms with van der Waals surface area (Å²) in [7, 11) is 0. The highest BCUT2D eigenvalue weighted by Crippen LogP contribution is 2.20. The molecule has 120 valence electrons. The minimum atomic E-state index is -0.321. The fraction of sp³-hybridized carbons (Fsp3) is 0.600. The number of hydrogen-bond donors (Lipinski definition) is 1. The lowest BCUT2D eigenvalue weighted by Crippen LogP contribution is -2.44. The summed E-state index contributed by atoms with van der Waals surface area (Å²) in [6, 6.07) is 0. The number of nitrogens with two attached hydrogens (primary N) is 1. The first kappa shape index (κ1) is 16.7. The van der Waals surface area contributed by atoms with Gasteiger partial charge in [-0.25, -0.2) is 9.97 Å². The fourth-order valence-electron chi connectivity index (χ4n) is 2.46. The van der Waals surface area contributed by atoms with Crippen molar-refractivity contribution in [3.05, 3.63) is 17.0 Å². The van der Waals surface area contributed by atoms with Crippen molar-refractivity contribution in [2.24, 2.45) is 11.7 Å². The topological polar surface area (TPSA) is 89.2 Å². The van der Waals surface area contributed by atoms with Crippen molar-refractivity contribution < 1.29 is 9.59 Å². The summed E-state index contributed by atoms with van der Waals surface area (Å²) in [4.78, 5) is 34.1. The van der Waals surface area contributed by atoms with Crippen LogP contribution in [0.4, 0.5) is 0 Å². The number of carbonyl (C=O) groups is 2. The number of thioether (sulfide) groups is 1. The van der Waals surface area contributed by atoms with Crippen LogP contribution < -0.4 is 5.73 Å². The zero-order valence-electron chi connectivity index (χ0n) is 13.3. The van der Waals surface area contributed by atoms with E-state index in [1.54, 1.807) is 4.90 Å². The molecule has 0 aliphatic carbocycles. The van der Waals surface area contributed by atoms with Crippen molar-refractivity contribution in [1.82, 2.24) is 14.9 Å². The Kier molecular flexibility index (Phi) is 5.39. The lowest BCUT2D eigenvalue weighted by molar-refractivity contribution is -0.132. The van der Waals surface area contributed by atoms with E-state index in [4.69, 9.17) is 5.73 Å². The van der Waals surface area contributed by atoms with E-state index in [2.05, 4.69) is 9.97 Å². The normalized spacial score (nSPS) is 18.3. The van der Waals surface area contributed by atoms with Gasteiger partial charge in [0.2, 0.25) is 11.8 Å². The molecule has 0 saturated carbocycles. The van der Waals surface area contributed by atoms with Crippen LogP contribution in [0.25, 0.3) is 0 Å². The minimum Gasteiger partial charge on any atom is -0.369 e. The van der Waals surface area contributed by atoms with Crippen LogP contribution >= 0.6 is 11.8 Å². The summed E-state index contributed by atoms with van der Waals surface area (Å²) >= 11 is 1.34. The van der Waals surface area contributed by atoms with Gasteiger partial charge in [-0.1, -0.05) is 11.8 Å². The van der Waals surface area contributed by atoms with E-state index in [0.717, 1.165) is 29.8 Å². The molecule has 0 bridgehead atoms. The molecule has 2 N–H and O–H groups in total. The highest BCUT2D eigenvalue weighted by Gasteiger charge is 2.26. The van der Waals surface area contributed by atoms with Gasteiger partial charge in [-0.3, -0.25) is 9.59 Å². The third-order valence-corrected chi connectivity index (χ3v) is 4.95. The summed E-state index contributed by atoms with van der Waals surface area (Å²) in [5.74, 6) is -0.246. The molecule has 2 heterocycles. The van der Waals surface area contributed by atoms with Gasteiger partial charge in [0.15, 0.2) is 5.16 Å². The van der Waals surface area contributed by atoms with Gasteiger partial charge in [0.1, 0.15) is 0 Å². The molecule has 22 heavy (non-hydrogen) atoms. The molecule has 2 rings (SSSR count). The zero-order chi connectivity index (χ0) is 16.3. The molecule has 6 nitrogen and oxygen atoms in total. The maximum atomic E-state index is 12.3. The number of piperidine rings is 1. The molecule has 1 aliphatic heterocycles. The number of amides is 2. The smallest absolute Gasteiger partial charge is 0.233 e. The first-order valence-electron chi connectivity index (χ1n) is 7.40. The van der Waals surface area contributed by atoms with Crippen molar-refractivity contribution in [3.63, 3.8) is 0 Å². The van der Waals surface area contributed by atoms with Gasteiger partial charge in [0.05, 0.1) is 11.7 Å². The molecule has 1 saturated heterocycles. The van der Waals surface area contributed by atoms with Gasteiger partial charge in [-0.15, -0.1) is 0 Å². The summed E-state index contributed by atoms with van der Waals surface area (Å²) < 4.78 is 0. The predicted octanol–water partition coefficient (Wildman–Crippen LogP) is 1.22. The number of hydrogen-bond acceptors (Lipinski definition) is 5. The second-order valence-electron chi connectivity index (χ2n) is 5.67. The lowest BCUT2D eigenvalue weighted by Gasteiger charge is -2.31. The Morgan fingerprint density at radius 2 is 1.91 bits per heavy atom. The van der Waals surface area contributed by atoms with Gasteiger partial charge in [-0.2, -0.15) is 0 Å².